The van der Waals surface area contributed by atoms with Gasteiger partial charge < -0.3 is 14.6 Å². The number of aromatic amines is 1. The predicted molar refractivity (Wildman–Crippen MR) is 133 cm³/mol. The number of hydrogen-bond donors (Lipinski definition) is 1. The minimum Gasteiger partial charge on any atom is -0.494 e. The number of likely N-dealkylation sites (tertiary alicyclic amines) is 1. The number of aromatic nitrogens is 3. The number of benzene rings is 1. The van der Waals surface area contributed by atoms with Gasteiger partial charge in [0.15, 0.2) is 0 Å². The molecule has 1 saturated heterocycles. The van der Waals surface area contributed by atoms with Crippen LogP contribution in [0.5, 0.6) is 5.75 Å². The molecule has 4 aromatic rings. The first-order valence-electron chi connectivity index (χ1n) is 11.1. The average Bonchev–Trinajstić information content (AvgIpc) is 3.60. The van der Waals surface area contributed by atoms with Gasteiger partial charge >= 0.3 is 0 Å². The zero-order chi connectivity index (χ0) is 24.4. The summed E-state index contributed by atoms with van der Waals surface area (Å²) in [7, 11) is 1.50. The van der Waals surface area contributed by atoms with E-state index in [-0.39, 0.29) is 5.56 Å². The molecule has 3 aromatic heterocycles. The zero-order valence-electron chi connectivity index (χ0n) is 18.9. The number of fused-ring (bicyclic) bond motifs is 1. The highest BCUT2D eigenvalue weighted by Crippen LogP contribution is 2.35. The minimum absolute atomic E-state index is 0.240. The Bertz CT molecular complexity index is 1470. The van der Waals surface area contributed by atoms with Crippen LogP contribution in [0.15, 0.2) is 59.2 Å². The second-order valence-electron chi connectivity index (χ2n) is 8.08. The van der Waals surface area contributed by atoms with Gasteiger partial charge in [-0.2, -0.15) is 5.26 Å². The molecular weight excluding hydrogens is 462 g/mol. The molecule has 1 aromatic carbocycles. The standard InChI is InChI=1S/C26H21N5O3S/c1-34-21-13-29-23(20-14-35-15-30-20)24-22(21)19(12-28-24)25(32)26(33)31-9-7-17(8-10-31)18(11-27)16-5-3-2-4-6-16/h2-6,12-15,28H,7-10H2,1H3. The number of methoxy groups -OCH3 is 1. The molecule has 0 bridgehead atoms. The molecule has 0 atom stereocenters. The van der Waals surface area contributed by atoms with E-state index < -0.39 is 11.7 Å². The number of hydrogen-bond acceptors (Lipinski definition) is 7. The highest BCUT2D eigenvalue weighted by molar-refractivity contribution is 7.07. The van der Waals surface area contributed by atoms with Crippen LogP contribution in [0, 0.1) is 11.3 Å². The fourth-order valence-corrected chi connectivity index (χ4v) is 4.95. The second kappa shape index (κ2) is 9.52. The van der Waals surface area contributed by atoms with Gasteiger partial charge in [-0.3, -0.25) is 9.59 Å². The van der Waals surface area contributed by atoms with Gasteiger partial charge in [0, 0.05) is 24.7 Å². The quantitative estimate of drug-likeness (QED) is 0.255. The minimum atomic E-state index is -0.610. The third kappa shape index (κ3) is 4.09. The van der Waals surface area contributed by atoms with Crippen LogP contribution < -0.4 is 4.74 Å². The van der Waals surface area contributed by atoms with E-state index in [9.17, 15) is 14.9 Å². The Balaban J connectivity index is 1.41. The number of nitrogens with zero attached hydrogens (tertiary/aromatic N) is 4. The van der Waals surface area contributed by atoms with Gasteiger partial charge in [0.05, 0.1) is 46.9 Å². The zero-order valence-corrected chi connectivity index (χ0v) is 19.8. The summed E-state index contributed by atoms with van der Waals surface area (Å²) >= 11 is 1.44. The molecule has 4 heterocycles. The van der Waals surface area contributed by atoms with Gasteiger partial charge in [0.2, 0.25) is 0 Å². The smallest absolute Gasteiger partial charge is 0.295 e. The summed E-state index contributed by atoms with van der Waals surface area (Å²) < 4.78 is 5.45. The maximum Gasteiger partial charge on any atom is 0.295 e. The number of rotatable bonds is 5. The lowest BCUT2D eigenvalue weighted by molar-refractivity contribution is -0.126. The van der Waals surface area contributed by atoms with E-state index in [1.54, 1.807) is 10.4 Å². The summed E-state index contributed by atoms with van der Waals surface area (Å²) in [5.74, 6) is -0.778. The molecule has 1 N–H and O–H groups in total. The molecule has 5 rings (SSSR count). The Morgan fingerprint density at radius 3 is 2.60 bits per heavy atom. The topological polar surface area (TPSA) is 112 Å². The van der Waals surface area contributed by atoms with Gasteiger partial charge in [-0.15, -0.1) is 11.3 Å². The molecule has 174 valence electrons. The molecule has 1 aliphatic rings. The maximum atomic E-state index is 13.3. The van der Waals surface area contributed by atoms with Crippen molar-refractivity contribution in [3.63, 3.8) is 0 Å². The first kappa shape index (κ1) is 22.5. The number of piperidine rings is 1. The lowest BCUT2D eigenvalue weighted by Crippen LogP contribution is -2.40. The number of Topliss-reactive ketones (excluding diaryl/α,β-unsaturated/α-hetero) is 1. The third-order valence-electron chi connectivity index (χ3n) is 6.19. The first-order valence-corrected chi connectivity index (χ1v) is 12.0. The molecule has 1 fully saturated rings. The lowest BCUT2D eigenvalue weighted by Gasteiger charge is -2.28. The fourth-order valence-electron chi connectivity index (χ4n) is 4.42. The third-order valence-corrected chi connectivity index (χ3v) is 6.78. The van der Waals surface area contributed by atoms with Crippen molar-refractivity contribution in [2.45, 2.75) is 12.8 Å². The highest BCUT2D eigenvalue weighted by Gasteiger charge is 2.30. The van der Waals surface area contributed by atoms with Crippen LogP contribution in [0.3, 0.4) is 0 Å². The summed E-state index contributed by atoms with van der Waals surface area (Å²) in [6.07, 6.45) is 4.17. The molecule has 8 nitrogen and oxygen atoms in total. The molecule has 0 spiro atoms. The number of H-pyrrole nitrogens is 1. The Kier molecular flexibility index (Phi) is 6.12. The van der Waals surface area contributed by atoms with Crippen LogP contribution in [0.1, 0.15) is 28.8 Å². The van der Waals surface area contributed by atoms with E-state index in [0.717, 1.165) is 11.1 Å². The van der Waals surface area contributed by atoms with Crippen LogP contribution in [-0.4, -0.2) is 51.7 Å². The van der Waals surface area contributed by atoms with Crippen molar-refractivity contribution < 1.29 is 14.3 Å². The largest absolute Gasteiger partial charge is 0.494 e. The summed E-state index contributed by atoms with van der Waals surface area (Å²) in [6, 6.07) is 11.8. The number of carbonyl (C=O) groups is 2. The molecule has 1 amide bonds. The van der Waals surface area contributed by atoms with E-state index in [4.69, 9.17) is 4.74 Å². The Morgan fingerprint density at radius 1 is 1.17 bits per heavy atom. The molecule has 0 saturated carbocycles. The monoisotopic (exact) mass is 483 g/mol. The van der Waals surface area contributed by atoms with Crippen LogP contribution in [0.2, 0.25) is 0 Å². The lowest BCUT2D eigenvalue weighted by atomic mass is 9.93. The van der Waals surface area contributed by atoms with E-state index in [1.165, 1.54) is 30.8 Å². The van der Waals surface area contributed by atoms with Crippen molar-refractivity contribution in [2.75, 3.05) is 20.2 Å². The van der Waals surface area contributed by atoms with Crippen molar-refractivity contribution in [3.8, 4) is 23.2 Å². The summed E-state index contributed by atoms with van der Waals surface area (Å²) in [5.41, 5.74) is 6.33. The van der Waals surface area contributed by atoms with E-state index in [1.807, 2.05) is 35.7 Å². The number of ether oxygens (including phenoxy) is 1. The normalized spacial score (nSPS) is 13.5. The number of ketones is 1. The number of nitriles is 1. The Hall–Kier alpha value is -4.29. The number of nitrogens with one attached hydrogen (secondary N) is 1. The summed E-state index contributed by atoms with van der Waals surface area (Å²) in [5, 5.41) is 12.1. The molecule has 1 aliphatic heterocycles. The number of pyridine rings is 1. The molecular formula is C26H21N5O3S. The molecule has 0 unspecified atom stereocenters. The van der Waals surface area contributed by atoms with Gasteiger partial charge in [0.1, 0.15) is 17.1 Å². The van der Waals surface area contributed by atoms with Gasteiger partial charge in [0.25, 0.3) is 11.7 Å². The SMILES string of the molecule is COc1cnc(-c2cscn2)c2[nH]cc(C(=O)C(=O)N3CCC(=C(C#N)c4ccccc4)CC3)c12. The van der Waals surface area contributed by atoms with Crippen LogP contribution in [0.4, 0.5) is 0 Å². The van der Waals surface area contributed by atoms with Gasteiger partial charge in [-0.1, -0.05) is 30.3 Å². The van der Waals surface area contributed by atoms with Crippen molar-refractivity contribution in [2.24, 2.45) is 0 Å². The van der Waals surface area contributed by atoms with Crippen LogP contribution >= 0.6 is 11.3 Å². The van der Waals surface area contributed by atoms with Crippen LogP contribution in [0.25, 0.3) is 27.9 Å². The van der Waals surface area contributed by atoms with Gasteiger partial charge in [-0.05, 0) is 24.0 Å². The molecule has 0 aliphatic carbocycles. The van der Waals surface area contributed by atoms with Gasteiger partial charge in [-0.25, -0.2) is 9.97 Å². The average molecular weight is 484 g/mol. The Morgan fingerprint density at radius 2 is 1.94 bits per heavy atom. The maximum absolute atomic E-state index is 13.3. The van der Waals surface area contributed by atoms with Crippen molar-refractivity contribution in [1.82, 2.24) is 19.9 Å². The second-order valence-corrected chi connectivity index (χ2v) is 8.80. The fraction of sp³-hybridized carbons (Fsp3) is 0.192. The number of thiazole rings is 1. The summed E-state index contributed by atoms with van der Waals surface area (Å²) in [6.45, 7) is 0.756. The highest BCUT2D eigenvalue weighted by atomic mass is 32.1. The van der Waals surface area contributed by atoms with E-state index >= 15 is 0 Å². The Labute approximate surface area is 205 Å². The molecule has 35 heavy (non-hydrogen) atoms. The molecule has 9 heteroatoms. The van der Waals surface area contributed by atoms with Crippen molar-refractivity contribution in [3.05, 3.63) is 70.3 Å². The first-order chi connectivity index (χ1) is 17.1. The van der Waals surface area contributed by atoms with Crippen molar-refractivity contribution in [1.29, 1.82) is 5.26 Å². The molecule has 0 radical (unpaired) electrons. The number of amides is 1. The van der Waals surface area contributed by atoms with E-state index in [0.29, 0.717) is 59.5 Å². The predicted octanol–water partition coefficient (Wildman–Crippen LogP) is 4.48. The van der Waals surface area contributed by atoms with E-state index in [2.05, 4.69) is 21.0 Å². The van der Waals surface area contributed by atoms with Crippen LogP contribution in [-0.2, 0) is 4.79 Å². The number of allylic oxidation sites excluding steroid dienone is 1. The van der Waals surface area contributed by atoms with Crippen molar-refractivity contribution >= 4 is 39.5 Å². The summed E-state index contributed by atoms with van der Waals surface area (Å²) in [4.78, 5) is 39.9. The number of carbonyl (C=O) groups excluding carboxylic acids is 2.